The quantitative estimate of drug-likeness (QED) is 0.820. The first-order valence-electron chi connectivity index (χ1n) is 5.64. The van der Waals surface area contributed by atoms with Gasteiger partial charge in [0.15, 0.2) is 0 Å². The third-order valence-electron chi connectivity index (χ3n) is 2.49. The summed E-state index contributed by atoms with van der Waals surface area (Å²) in [5.41, 5.74) is 0.915. The molecule has 0 aromatic heterocycles. The van der Waals surface area contributed by atoms with Crippen molar-refractivity contribution in [2.75, 3.05) is 12.4 Å². The standard InChI is InChI=1S/C13H18BrNO2/c1-10(7-8-14)15-13(16)9-11-5-3-4-6-12(11)17-2/h3-6,10H,7-9H2,1-2H3,(H,15,16). The van der Waals surface area contributed by atoms with Crippen LogP contribution in [-0.2, 0) is 11.2 Å². The van der Waals surface area contributed by atoms with Gasteiger partial charge in [-0.3, -0.25) is 4.79 Å². The Bertz CT molecular complexity index is 368. The monoisotopic (exact) mass is 299 g/mol. The summed E-state index contributed by atoms with van der Waals surface area (Å²) in [5, 5.41) is 3.85. The average molecular weight is 300 g/mol. The van der Waals surface area contributed by atoms with E-state index in [9.17, 15) is 4.79 Å². The molecule has 1 aromatic rings. The van der Waals surface area contributed by atoms with Crippen molar-refractivity contribution in [3.63, 3.8) is 0 Å². The van der Waals surface area contributed by atoms with Gasteiger partial charge in [-0.25, -0.2) is 0 Å². The maximum absolute atomic E-state index is 11.8. The Hall–Kier alpha value is -1.03. The maximum atomic E-state index is 11.8. The third kappa shape index (κ3) is 4.77. The predicted octanol–water partition coefficient (Wildman–Crippen LogP) is 2.53. The number of para-hydroxylation sites is 1. The molecule has 0 aliphatic rings. The van der Waals surface area contributed by atoms with Gasteiger partial charge in [0.2, 0.25) is 5.91 Å². The van der Waals surface area contributed by atoms with Crippen LogP contribution < -0.4 is 10.1 Å². The van der Waals surface area contributed by atoms with Crippen molar-refractivity contribution >= 4 is 21.8 Å². The molecule has 1 unspecified atom stereocenters. The normalized spacial score (nSPS) is 11.9. The second-order valence-corrected chi connectivity index (χ2v) is 4.73. The van der Waals surface area contributed by atoms with Crippen LogP contribution in [0.5, 0.6) is 5.75 Å². The van der Waals surface area contributed by atoms with Gasteiger partial charge in [-0.15, -0.1) is 0 Å². The Labute approximate surface area is 111 Å². The fourth-order valence-corrected chi connectivity index (χ4v) is 2.27. The van der Waals surface area contributed by atoms with Gasteiger partial charge in [0.25, 0.3) is 0 Å². The highest BCUT2D eigenvalue weighted by atomic mass is 79.9. The number of alkyl halides is 1. The Morgan fingerprint density at radius 3 is 2.82 bits per heavy atom. The van der Waals surface area contributed by atoms with Gasteiger partial charge in [0, 0.05) is 16.9 Å². The highest BCUT2D eigenvalue weighted by Crippen LogP contribution is 2.17. The number of ether oxygens (including phenoxy) is 1. The van der Waals surface area contributed by atoms with Crippen LogP contribution in [0.3, 0.4) is 0 Å². The largest absolute Gasteiger partial charge is 0.496 e. The number of carbonyl (C=O) groups excluding carboxylic acids is 1. The zero-order valence-corrected chi connectivity index (χ0v) is 11.8. The number of amides is 1. The number of methoxy groups -OCH3 is 1. The van der Waals surface area contributed by atoms with Gasteiger partial charge in [-0.1, -0.05) is 34.1 Å². The van der Waals surface area contributed by atoms with Crippen LogP contribution in [0.2, 0.25) is 0 Å². The molecular formula is C13H18BrNO2. The molecule has 1 N–H and O–H groups in total. The second kappa shape index (κ2) is 7.33. The van der Waals surface area contributed by atoms with E-state index in [1.807, 2.05) is 31.2 Å². The van der Waals surface area contributed by atoms with Crippen LogP contribution in [-0.4, -0.2) is 24.4 Å². The summed E-state index contributed by atoms with van der Waals surface area (Å²) in [4.78, 5) is 11.8. The minimum absolute atomic E-state index is 0.0305. The molecule has 0 fully saturated rings. The van der Waals surface area contributed by atoms with Crippen molar-refractivity contribution in [3.05, 3.63) is 29.8 Å². The Morgan fingerprint density at radius 1 is 1.47 bits per heavy atom. The first-order chi connectivity index (χ1) is 8.17. The smallest absolute Gasteiger partial charge is 0.224 e. The molecule has 0 bridgehead atoms. The van der Waals surface area contributed by atoms with Crippen LogP contribution >= 0.6 is 15.9 Å². The SMILES string of the molecule is COc1ccccc1CC(=O)NC(C)CCBr. The van der Waals surface area contributed by atoms with Crippen molar-refractivity contribution in [1.82, 2.24) is 5.32 Å². The van der Waals surface area contributed by atoms with Gasteiger partial charge >= 0.3 is 0 Å². The Balaban J connectivity index is 2.55. The lowest BCUT2D eigenvalue weighted by Gasteiger charge is -2.13. The molecule has 1 aromatic carbocycles. The number of nitrogens with one attached hydrogen (secondary N) is 1. The summed E-state index contributed by atoms with van der Waals surface area (Å²) in [6, 6.07) is 7.77. The molecule has 0 saturated carbocycles. The van der Waals surface area contributed by atoms with Crippen molar-refractivity contribution in [2.45, 2.75) is 25.8 Å². The van der Waals surface area contributed by atoms with Crippen molar-refractivity contribution in [1.29, 1.82) is 0 Å². The minimum Gasteiger partial charge on any atom is -0.496 e. The first-order valence-corrected chi connectivity index (χ1v) is 6.76. The molecule has 0 saturated heterocycles. The summed E-state index contributed by atoms with van der Waals surface area (Å²) in [7, 11) is 1.62. The van der Waals surface area contributed by atoms with E-state index in [0.717, 1.165) is 23.1 Å². The predicted molar refractivity (Wildman–Crippen MR) is 72.7 cm³/mol. The van der Waals surface area contributed by atoms with E-state index in [-0.39, 0.29) is 11.9 Å². The summed E-state index contributed by atoms with van der Waals surface area (Å²) in [6.07, 6.45) is 1.29. The van der Waals surface area contributed by atoms with Crippen LogP contribution in [0, 0.1) is 0 Å². The zero-order chi connectivity index (χ0) is 12.7. The Kier molecular flexibility index (Phi) is 6.05. The number of benzene rings is 1. The molecule has 4 heteroatoms. The lowest BCUT2D eigenvalue weighted by molar-refractivity contribution is -0.121. The maximum Gasteiger partial charge on any atom is 0.224 e. The van der Waals surface area contributed by atoms with E-state index in [1.165, 1.54) is 0 Å². The van der Waals surface area contributed by atoms with E-state index in [2.05, 4.69) is 21.2 Å². The van der Waals surface area contributed by atoms with Crippen molar-refractivity contribution in [3.8, 4) is 5.75 Å². The lowest BCUT2D eigenvalue weighted by Crippen LogP contribution is -2.33. The fourth-order valence-electron chi connectivity index (χ4n) is 1.58. The van der Waals surface area contributed by atoms with Crippen LogP contribution in [0.1, 0.15) is 18.9 Å². The fraction of sp³-hybridized carbons (Fsp3) is 0.462. The molecule has 3 nitrogen and oxygen atoms in total. The van der Waals surface area contributed by atoms with Crippen LogP contribution in [0.4, 0.5) is 0 Å². The summed E-state index contributed by atoms with van der Waals surface area (Å²) in [6.45, 7) is 2.00. The van der Waals surface area contributed by atoms with E-state index < -0.39 is 0 Å². The number of hydrogen-bond acceptors (Lipinski definition) is 2. The second-order valence-electron chi connectivity index (χ2n) is 3.93. The molecule has 1 rings (SSSR count). The van der Waals surface area contributed by atoms with Gasteiger partial charge in [0.1, 0.15) is 5.75 Å². The van der Waals surface area contributed by atoms with Crippen LogP contribution in [0.25, 0.3) is 0 Å². The number of carbonyl (C=O) groups is 1. The molecule has 0 aliphatic carbocycles. The molecule has 94 valence electrons. The topological polar surface area (TPSA) is 38.3 Å². The molecular weight excluding hydrogens is 282 g/mol. The highest BCUT2D eigenvalue weighted by Gasteiger charge is 2.10. The first kappa shape index (κ1) is 14.0. The highest BCUT2D eigenvalue weighted by molar-refractivity contribution is 9.09. The van der Waals surface area contributed by atoms with Gasteiger partial charge in [-0.05, 0) is 19.4 Å². The molecule has 17 heavy (non-hydrogen) atoms. The van der Waals surface area contributed by atoms with E-state index in [4.69, 9.17) is 4.74 Å². The summed E-state index contributed by atoms with van der Waals surface area (Å²) < 4.78 is 5.21. The Morgan fingerprint density at radius 2 is 2.18 bits per heavy atom. The van der Waals surface area contributed by atoms with Crippen LogP contribution in [0.15, 0.2) is 24.3 Å². The molecule has 0 aliphatic heterocycles. The number of rotatable bonds is 6. The molecule has 0 radical (unpaired) electrons. The molecule has 0 spiro atoms. The minimum atomic E-state index is 0.0305. The third-order valence-corrected chi connectivity index (χ3v) is 2.95. The average Bonchev–Trinajstić information content (AvgIpc) is 2.29. The summed E-state index contributed by atoms with van der Waals surface area (Å²) >= 11 is 3.36. The van der Waals surface area contributed by atoms with E-state index >= 15 is 0 Å². The number of hydrogen-bond donors (Lipinski definition) is 1. The molecule has 1 amide bonds. The van der Waals surface area contributed by atoms with E-state index in [0.29, 0.717) is 6.42 Å². The van der Waals surface area contributed by atoms with Crippen molar-refractivity contribution in [2.24, 2.45) is 0 Å². The van der Waals surface area contributed by atoms with Gasteiger partial charge < -0.3 is 10.1 Å². The lowest BCUT2D eigenvalue weighted by atomic mass is 10.1. The van der Waals surface area contributed by atoms with Gasteiger partial charge in [0.05, 0.1) is 13.5 Å². The zero-order valence-electron chi connectivity index (χ0n) is 10.2. The van der Waals surface area contributed by atoms with Gasteiger partial charge in [-0.2, -0.15) is 0 Å². The molecule has 1 atom stereocenters. The number of halogens is 1. The summed E-state index contributed by atoms with van der Waals surface area (Å²) in [5.74, 6) is 0.791. The molecule has 0 heterocycles. The van der Waals surface area contributed by atoms with Crippen molar-refractivity contribution < 1.29 is 9.53 Å². The van der Waals surface area contributed by atoms with E-state index in [1.54, 1.807) is 7.11 Å².